The van der Waals surface area contributed by atoms with Gasteiger partial charge in [0.25, 0.3) is 0 Å². The van der Waals surface area contributed by atoms with Crippen molar-refractivity contribution in [2.24, 2.45) is 0 Å². The molecule has 1 amide bonds. The second-order valence-electron chi connectivity index (χ2n) is 6.80. The number of nitrogens with one attached hydrogen (secondary N) is 1. The van der Waals surface area contributed by atoms with Gasteiger partial charge in [0.05, 0.1) is 24.6 Å². The van der Waals surface area contributed by atoms with E-state index in [2.05, 4.69) is 17.4 Å². The molecular weight excluding hydrogens is 314 g/mol. The number of carbonyl (C=O) groups excluding carboxylic acids is 2. The van der Waals surface area contributed by atoms with E-state index in [1.807, 2.05) is 24.3 Å². The Morgan fingerprint density at radius 1 is 1.00 bits per heavy atom. The molecule has 1 N–H and O–H groups in total. The minimum atomic E-state index is -0.343. The first-order valence-corrected chi connectivity index (χ1v) is 8.76. The zero-order valence-electron chi connectivity index (χ0n) is 14.2. The molecule has 0 radical (unpaired) electrons. The third-order valence-corrected chi connectivity index (χ3v) is 5.41. The monoisotopic (exact) mass is 335 g/mol. The number of hydrogen-bond donors (Lipinski definition) is 1. The topological polar surface area (TPSA) is 55.4 Å². The second kappa shape index (κ2) is 6.36. The Bertz CT molecular complexity index is 843. The van der Waals surface area contributed by atoms with Crippen LogP contribution in [0.25, 0.3) is 0 Å². The first kappa shape index (κ1) is 15.9. The normalized spacial score (nSPS) is 20.7. The van der Waals surface area contributed by atoms with Gasteiger partial charge in [0, 0.05) is 0 Å². The van der Waals surface area contributed by atoms with E-state index in [0.717, 1.165) is 36.8 Å². The zero-order valence-corrected chi connectivity index (χ0v) is 14.2. The molecule has 2 aliphatic carbocycles. The lowest BCUT2D eigenvalue weighted by molar-refractivity contribution is -0.123. The van der Waals surface area contributed by atoms with Gasteiger partial charge in [-0.2, -0.15) is 0 Å². The van der Waals surface area contributed by atoms with Gasteiger partial charge in [-0.25, -0.2) is 4.79 Å². The maximum absolute atomic E-state index is 12.8. The Balaban J connectivity index is 1.54. The van der Waals surface area contributed by atoms with Crippen LogP contribution in [0.4, 0.5) is 0 Å². The summed E-state index contributed by atoms with van der Waals surface area (Å²) in [6, 6.07) is 13.8. The van der Waals surface area contributed by atoms with Crippen molar-refractivity contribution < 1.29 is 14.3 Å². The standard InChI is InChI=1S/C21H21NO3/c1-25-21(24)15-7-6-14-9-11-19(18(14)12-15)22-20(23)17-10-8-13-4-2-3-5-16(13)17/h2-7,12,17,19H,8-11H2,1H3,(H,22,23). The Morgan fingerprint density at radius 2 is 1.76 bits per heavy atom. The smallest absolute Gasteiger partial charge is 0.337 e. The van der Waals surface area contributed by atoms with Gasteiger partial charge in [-0.3, -0.25) is 4.79 Å². The summed E-state index contributed by atoms with van der Waals surface area (Å²) in [5.41, 5.74) is 5.21. The molecule has 2 aromatic carbocycles. The molecule has 0 aromatic heterocycles. The molecule has 2 aliphatic rings. The molecule has 0 bridgehead atoms. The largest absolute Gasteiger partial charge is 0.465 e. The molecule has 4 heteroatoms. The van der Waals surface area contributed by atoms with Gasteiger partial charge in [0.2, 0.25) is 5.91 Å². The van der Waals surface area contributed by atoms with E-state index in [1.54, 1.807) is 6.07 Å². The Kier molecular flexibility index (Phi) is 4.04. The number of esters is 1. The number of amides is 1. The Hall–Kier alpha value is -2.62. The van der Waals surface area contributed by atoms with Crippen molar-refractivity contribution in [3.63, 3.8) is 0 Å². The lowest BCUT2D eigenvalue weighted by atomic mass is 9.99. The predicted molar refractivity (Wildman–Crippen MR) is 94.5 cm³/mol. The van der Waals surface area contributed by atoms with Crippen LogP contribution in [0.3, 0.4) is 0 Å². The quantitative estimate of drug-likeness (QED) is 0.876. The summed E-state index contributed by atoms with van der Waals surface area (Å²) in [4.78, 5) is 24.6. The van der Waals surface area contributed by atoms with Crippen molar-refractivity contribution in [3.05, 3.63) is 70.3 Å². The summed E-state index contributed by atoms with van der Waals surface area (Å²) in [6.07, 6.45) is 3.62. The molecule has 0 aliphatic heterocycles. The molecule has 0 fully saturated rings. The first-order chi connectivity index (χ1) is 12.2. The lowest BCUT2D eigenvalue weighted by Crippen LogP contribution is -2.31. The molecule has 25 heavy (non-hydrogen) atoms. The highest BCUT2D eigenvalue weighted by atomic mass is 16.5. The maximum atomic E-state index is 12.8. The van der Waals surface area contributed by atoms with Crippen molar-refractivity contribution in [2.45, 2.75) is 37.6 Å². The van der Waals surface area contributed by atoms with Gasteiger partial charge in [-0.15, -0.1) is 0 Å². The van der Waals surface area contributed by atoms with E-state index in [0.29, 0.717) is 5.56 Å². The van der Waals surface area contributed by atoms with E-state index in [-0.39, 0.29) is 23.8 Å². The molecule has 4 rings (SSSR count). The molecule has 0 saturated heterocycles. The minimum absolute atomic E-state index is 0.0279. The summed E-state index contributed by atoms with van der Waals surface area (Å²) in [7, 11) is 1.38. The molecule has 2 atom stereocenters. The number of hydrogen-bond acceptors (Lipinski definition) is 3. The van der Waals surface area contributed by atoms with Gasteiger partial charge in [0.1, 0.15) is 0 Å². The van der Waals surface area contributed by atoms with Crippen molar-refractivity contribution in [3.8, 4) is 0 Å². The second-order valence-corrected chi connectivity index (χ2v) is 6.80. The minimum Gasteiger partial charge on any atom is -0.465 e. The van der Waals surface area contributed by atoms with E-state index in [9.17, 15) is 9.59 Å². The van der Waals surface area contributed by atoms with Crippen molar-refractivity contribution in [1.82, 2.24) is 5.32 Å². The van der Waals surface area contributed by atoms with Crippen LogP contribution in [0.15, 0.2) is 42.5 Å². The fourth-order valence-electron chi connectivity index (χ4n) is 4.10. The zero-order chi connectivity index (χ0) is 17.4. The highest BCUT2D eigenvalue weighted by Gasteiger charge is 2.32. The summed E-state index contributed by atoms with van der Waals surface area (Å²) in [5.74, 6) is -0.320. The highest BCUT2D eigenvalue weighted by Crippen LogP contribution is 2.36. The number of rotatable bonds is 3. The number of aryl methyl sites for hydroxylation is 2. The molecule has 0 heterocycles. The molecule has 4 nitrogen and oxygen atoms in total. The van der Waals surface area contributed by atoms with Gasteiger partial charge < -0.3 is 10.1 Å². The van der Waals surface area contributed by atoms with Gasteiger partial charge in [0.15, 0.2) is 0 Å². The Labute approximate surface area is 147 Å². The van der Waals surface area contributed by atoms with Crippen LogP contribution >= 0.6 is 0 Å². The van der Waals surface area contributed by atoms with E-state index in [4.69, 9.17) is 4.74 Å². The van der Waals surface area contributed by atoms with Crippen molar-refractivity contribution in [1.29, 1.82) is 0 Å². The summed E-state index contributed by atoms with van der Waals surface area (Å²) >= 11 is 0. The van der Waals surface area contributed by atoms with Crippen LogP contribution in [0, 0.1) is 0 Å². The third kappa shape index (κ3) is 2.82. The highest BCUT2D eigenvalue weighted by molar-refractivity contribution is 5.90. The van der Waals surface area contributed by atoms with Crippen LogP contribution in [0.5, 0.6) is 0 Å². The average Bonchev–Trinajstić information content (AvgIpc) is 3.25. The van der Waals surface area contributed by atoms with Crippen molar-refractivity contribution >= 4 is 11.9 Å². The fourth-order valence-corrected chi connectivity index (χ4v) is 4.10. The van der Waals surface area contributed by atoms with E-state index < -0.39 is 0 Å². The number of ether oxygens (including phenoxy) is 1. The van der Waals surface area contributed by atoms with E-state index in [1.165, 1.54) is 18.2 Å². The predicted octanol–water partition coefficient (Wildman–Crippen LogP) is 3.31. The van der Waals surface area contributed by atoms with Crippen LogP contribution in [-0.4, -0.2) is 19.0 Å². The SMILES string of the molecule is COC(=O)c1ccc2c(c1)C(NC(=O)C1CCc3ccccc31)CC2. The molecule has 2 aromatic rings. The lowest BCUT2D eigenvalue weighted by Gasteiger charge is -2.18. The van der Waals surface area contributed by atoms with Gasteiger partial charge in [-0.05, 0) is 60.1 Å². The Morgan fingerprint density at radius 3 is 2.60 bits per heavy atom. The number of fused-ring (bicyclic) bond motifs is 2. The van der Waals surface area contributed by atoms with Crippen LogP contribution < -0.4 is 5.32 Å². The molecular formula is C21H21NO3. The van der Waals surface area contributed by atoms with Gasteiger partial charge in [-0.1, -0.05) is 30.3 Å². The summed E-state index contributed by atoms with van der Waals surface area (Å²) < 4.78 is 4.81. The first-order valence-electron chi connectivity index (χ1n) is 8.76. The van der Waals surface area contributed by atoms with Crippen LogP contribution in [0.1, 0.15) is 57.4 Å². The van der Waals surface area contributed by atoms with Crippen LogP contribution in [0.2, 0.25) is 0 Å². The van der Waals surface area contributed by atoms with Gasteiger partial charge >= 0.3 is 5.97 Å². The van der Waals surface area contributed by atoms with E-state index >= 15 is 0 Å². The molecule has 0 spiro atoms. The fraction of sp³-hybridized carbons (Fsp3) is 0.333. The third-order valence-electron chi connectivity index (χ3n) is 5.41. The molecule has 2 unspecified atom stereocenters. The number of benzene rings is 2. The summed E-state index contributed by atoms with van der Waals surface area (Å²) in [6.45, 7) is 0. The van der Waals surface area contributed by atoms with Crippen molar-refractivity contribution in [2.75, 3.05) is 7.11 Å². The molecule has 128 valence electrons. The summed E-state index contributed by atoms with van der Waals surface area (Å²) in [5, 5.41) is 3.21. The maximum Gasteiger partial charge on any atom is 0.337 e. The van der Waals surface area contributed by atoms with Crippen LogP contribution in [-0.2, 0) is 22.4 Å². The number of carbonyl (C=O) groups is 2. The number of methoxy groups -OCH3 is 1. The molecule has 0 saturated carbocycles. The average molecular weight is 335 g/mol.